The van der Waals surface area contributed by atoms with Crippen LogP contribution in [0.2, 0.25) is 0 Å². The van der Waals surface area contributed by atoms with Crippen molar-refractivity contribution in [1.29, 1.82) is 0 Å². The first kappa shape index (κ1) is 12.0. The average Bonchev–Trinajstić information content (AvgIpc) is 2.31. The van der Waals surface area contributed by atoms with Crippen molar-refractivity contribution in [2.45, 2.75) is 19.4 Å². The Balaban J connectivity index is 2.28. The molecule has 0 bridgehead atoms. The highest BCUT2D eigenvalue weighted by atomic mass is 16.3. The van der Waals surface area contributed by atoms with Gasteiger partial charge in [-0.1, -0.05) is 43.3 Å². The summed E-state index contributed by atoms with van der Waals surface area (Å²) in [5, 5.41) is 11.2. The van der Waals surface area contributed by atoms with Crippen molar-refractivity contribution in [1.82, 2.24) is 0 Å². The Morgan fingerprint density at radius 2 is 2.07 bits per heavy atom. The van der Waals surface area contributed by atoms with Gasteiger partial charge in [0.05, 0.1) is 13.2 Å². The van der Waals surface area contributed by atoms with E-state index in [9.17, 15) is 0 Å². The maximum absolute atomic E-state index is 8.99. The van der Waals surface area contributed by atoms with E-state index in [1.54, 1.807) is 0 Å². The number of nitrogens with two attached hydrogens (primary N) is 1. The molecule has 0 heterocycles. The molecule has 0 aliphatic carbocycles. The van der Waals surface area contributed by atoms with Gasteiger partial charge in [0, 0.05) is 0 Å². The van der Waals surface area contributed by atoms with Crippen LogP contribution in [-0.2, 0) is 0 Å². The van der Waals surface area contributed by atoms with E-state index in [1.807, 2.05) is 18.2 Å². The van der Waals surface area contributed by atoms with E-state index < -0.39 is 0 Å². The van der Waals surface area contributed by atoms with Gasteiger partial charge < -0.3 is 10.4 Å². The van der Waals surface area contributed by atoms with Crippen LogP contribution in [0.5, 0.6) is 0 Å². The van der Waals surface area contributed by atoms with Crippen LogP contribution < -0.4 is 5.32 Å². The first-order valence-corrected chi connectivity index (χ1v) is 5.52. The lowest BCUT2D eigenvalue weighted by atomic mass is 10.2. The van der Waals surface area contributed by atoms with Gasteiger partial charge in [-0.25, -0.2) is 0 Å². The van der Waals surface area contributed by atoms with Gasteiger partial charge in [-0.15, -0.1) is 0 Å². The van der Waals surface area contributed by atoms with Gasteiger partial charge >= 0.3 is 0 Å². The van der Waals surface area contributed by atoms with E-state index in [0.29, 0.717) is 6.04 Å². The summed E-state index contributed by atoms with van der Waals surface area (Å²) in [4.78, 5) is 0. The highest BCUT2D eigenvalue weighted by Crippen LogP contribution is 1.99. The molecule has 1 aromatic carbocycles. The lowest BCUT2D eigenvalue weighted by Gasteiger charge is -2.07. The van der Waals surface area contributed by atoms with Crippen LogP contribution in [-0.4, -0.2) is 24.3 Å². The minimum Gasteiger partial charge on any atom is -0.390 e. The topological polar surface area (TPSA) is 36.8 Å². The third kappa shape index (κ3) is 4.77. The largest absolute Gasteiger partial charge is 0.390 e. The Labute approximate surface area is 91.6 Å². The van der Waals surface area contributed by atoms with E-state index in [0.717, 1.165) is 13.0 Å². The third-order valence-corrected chi connectivity index (χ3v) is 2.47. The number of rotatable bonds is 6. The third-order valence-electron chi connectivity index (χ3n) is 2.47. The molecule has 0 radical (unpaired) electrons. The molecule has 2 nitrogen and oxygen atoms in total. The lowest BCUT2D eigenvalue weighted by molar-refractivity contribution is -0.683. The average molecular weight is 206 g/mol. The zero-order chi connectivity index (χ0) is 10.9. The van der Waals surface area contributed by atoms with E-state index in [2.05, 4.69) is 36.5 Å². The monoisotopic (exact) mass is 206 g/mol. The molecule has 3 N–H and O–H groups in total. The summed E-state index contributed by atoms with van der Waals surface area (Å²) < 4.78 is 0. The Hall–Kier alpha value is -1.12. The molecule has 0 aliphatic heterocycles. The van der Waals surface area contributed by atoms with Crippen molar-refractivity contribution >= 4 is 6.08 Å². The molecule has 15 heavy (non-hydrogen) atoms. The number of quaternary nitrogens is 1. The number of aliphatic hydroxyl groups excluding tert-OH is 1. The highest BCUT2D eigenvalue weighted by molar-refractivity contribution is 5.48. The summed E-state index contributed by atoms with van der Waals surface area (Å²) in [6, 6.07) is 10.6. The van der Waals surface area contributed by atoms with Crippen molar-refractivity contribution in [2.24, 2.45) is 0 Å². The second-order valence-electron chi connectivity index (χ2n) is 3.64. The van der Waals surface area contributed by atoms with Gasteiger partial charge in [0.15, 0.2) is 0 Å². The predicted octanol–water partition coefficient (Wildman–Crippen LogP) is 1.03. The first-order chi connectivity index (χ1) is 7.36. The molecule has 82 valence electrons. The minimum atomic E-state index is 0.260. The molecule has 1 aromatic rings. The number of aliphatic hydroxyl groups is 1. The van der Waals surface area contributed by atoms with Gasteiger partial charge in [-0.2, -0.15) is 0 Å². The SMILES string of the molecule is CC[C@@H](CO)[NH2+]C/C=C/c1ccccc1. The maximum Gasteiger partial charge on any atom is 0.109 e. The summed E-state index contributed by atoms with van der Waals surface area (Å²) >= 11 is 0. The fraction of sp³-hybridized carbons (Fsp3) is 0.385. The minimum absolute atomic E-state index is 0.260. The molecule has 0 amide bonds. The number of hydrogen-bond donors (Lipinski definition) is 2. The Morgan fingerprint density at radius 3 is 2.67 bits per heavy atom. The lowest BCUT2D eigenvalue weighted by Crippen LogP contribution is -2.90. The molecule has 1 rings (SSSR count). The van der Waals surface area contributed by atoms with Crippen LogP contribution in [0.1, 0.15) is 18.9 Å². The van der Waals surface area contributed by atoms with E-state index in [1.165, 1.54) is 5.56 Å². The summed E-state index contributed by atoms with van der Waals surface area (Å²) in [5.74, 6) is 0. The van der Waals surface area contributed by atoms with E-state index >= 15 is 0 Å². The van der Waals surface area contributed by atoms with Crippen LogP contribution in [0.15, 0.2) is 36.4 Å². The molecular weight excluding hydrogens is 186 g/mol. The molecule has 0 aromatic heterocycles. The number of hydrogen-bond acceptors (Lipinski definition) is 1. The van der Waals surface area contributed by atoms with Gasteiger partial charge in [0.1, 0.15) is 6.04 Å². The standard InChI is InChI=1S/C13H19NO/c1-2-13(11-15)14-10-6-9-12-7-4-3-5-8-12/h3-9,13-15H,2,10-11H2,1H3/p+1/b9-6+/t13-/m0/s1. The van der Waals surface area contributed by atoms with Gasteiger partial charge in [0.2, 0.25) is 0 Å². The molecule has 0 unspecified atom stereocenters. The van der Waals surface area contributed by atoms with Crippen molar-refractivity contribution in [2.75, 3.05) is 13.2 Å². The summed E-state index contributed by atoms with van der Waals surface area (Å²) in [5.41, 5.74) is 1.22. The Kier molecular flexibility index (Phi) is 5.74. The zero-order valence-electron chi connectivity index (χ0n) is 9.26. The second-order valence-corrected chi connectivity index (χ2v) is 3.64. The van der Waals surface area contributed by atoms with Crippen molar-refractivity contribution in [3.8, 4) is 0 Å². The fourth-order valence-corrected chi connectivity index (χ4v) is 1.41. The van der Waals surface area contributed by atoms with Gasteiger partial charge in [-0.3, -0.25) is 0 Å². The molecule has 0 spiro atoms. The second kappa shape index (κ2) is 7.21. The summed E-state index contributed by atoms with van der Waals surface area (Å²) in [7, 11) is 0. The fourth-order valence-electron chi connectivity index (χ4n) is 1.41. The van der Waals surface area contributed by atoms with Gasteiger partial charge in [-0.05, 0) is 18.1 Å². The zero-order valence-corrected chi connectivity index (χ0v) is 9.26. The first-order valence-electron chi connectivity index (χ1n) is 5.52. The van der Waals surface area contributed by atoms with Crippen LogP contribution in [0.4, 0.5) is 0 Å². The molecule has 2 heteroatoms. The summed E-state index contributed by atoms with van der Waals surface area (Å²) in [6.45, 7) is 3.28. The predicted molar refractivity (Wildman–Crippen MR) is 63.4 cm³/mol. The van der Waals surface area contributed by atoms with Crippen LogP contribution in [0, 0.1) is 0 Å². The quantitative estimate of drug-likeness (QED) is 0.717. The van der Waals surface area contributed by atoms with Crippen LogP contribution >= 0.6 is 0 Å². The van der Waals surface area contributed by atoms with Crippen LogP contribution in [0.3, 0.4) is 0 Å². The number of benzene rings is 1. The van der Waals surface area contributed by atoms with Crippen molar-refractivity contribution in [3.63, 3.8) is 0 Å². The molecular formula is C13H20NO+. The normalized spacial score (nSPS) is 13.2. The smallest absolute Gasteiger partial charge is 0.109 e. The van der Waals surface area contributed by atoms with Gasteiger partial charge in [0.25, 0.3) is 0 Å². The molecule has 1 atom stereocenters. The molecule has 0 saturated carbocycles. The highest BCUT2D eigenvalue weighted by Gasteiger charge is 2.03. The Morgan fingerprint density at radius 1 is 1.33 bits per heavy atom. The molecule has 0 saturated heterocycles. The van der Waals surface area contributed by atoms with Crippen molar-refractivity contribution < 1.29 is 10.4 Å². The Bertz CT molecular complexity index is 278. The molecule has 0 aliphatic rings. The van der Waals surface area contributed by atoms with E-state index in [4.69, 9.17) is 5.11 Å². The maximum atomic E-state index is 8.99. The van der Waals surface area contributed by atoms with E-state index in [-0.39, 0.29) is 6.61 Å². The van der Waals surface area contributed by atoms with Crippen molar-refractivity contribution in [3.05, 3.63) is 42.0 Å². The van der Waals surface area contributed by atoms with Crippen LogP contribution in [0.25, 0.3) is 6.08 Å². The molecule has 0 fully saturated rings. The summed E-state index contributed by atoms with van der Waals surface area (Å²) in [6.07, 6.45) is 5.25.